The fraction of sp³-hybridized carbons (Fsp3) is 0.0870. The van der Waals surface area contributed by atoms with E-state index < -0.39 is 0 Å². The monoisotopic (exact) mass is 428 g/mol. The number of hydrogen-bond donors (Lipinski definition) is 1. The quantitative estimate of drug-likeness (QED) is 0.457. The van der Waals surface area contributed by atoms with Crippen LogP contribution in [-0.4, -0.2) is 30.8 Å². The van der Waals surface area contributed by atoms with Gasteiger partial charge in [0.1, 0.15) is 18.5 Å². The van der Waals surface area contributed by atoms with Crippen LogP contribution in [0.3, 0.4) is 0 Å². The molecule has 3 aromatic heterocycles. The van der Waals surface area contributed by atoms with Crippen LogP contribution in [0.25, 0.3) is 28.0 Å². The number of pyridine rings is 1. The van der Waals surface area contributed by atoms with Crippen molar-refractivity contribution in [2.75, 3.05) is 0 Å². The highest BCUT2D eigenvalue weighted by Crippen LogP contribution is 2.27. The second kappa shape index (κ2) is 8.03. The van der Waals surface area contributed by atoms with E-state index in [9.17, 15) is 9.18 Å². The molecule has 0 aliphatic rings. The molecule has 2 aromatic carbocycles. The minimum atomic E-state index is -0.349. The summed E-state index contributed by atoms with van der Waals surface area (Å²) in [5.74, 6) is -0.634. The molecule has 0 aliphatic heterocycles. The van der Waals surface area contributed by atoms with Crippen LogP contribution in [0.2, 0.25) is 0 Å². The number of aromatic nitrogens is 5. The van der Waals surface area contributed by atoms with Crippen molar-refractivity contribution < 1.29 is 13.7 Å². The molecule has 5 aromatic rings. The van der Waals surface area contributed by atoms with E-state index in [1.54, 1.807) is 36.1 Å². The molecule has 0 spiro atoms. The van der Waals surface area contributed by atoms with Gasteiger partial charge in [-0.3, -0.25) is 4.79 Å². The molecule has 0 unspecified atom stereocenters. The molecule has 8 nitrogen and oxygen atoms in total. The van der Waals surface area contributed by atoms with Gasteiger partial charge in [0, 0.05) is 12.1 Å². The SMILES string of the molecule is Cc1noc2nc(-c3ccc(F)cc3)cc(C(=O)NCc3ccc(-n4cncn4)cc3)c12. The average Bonchev–Trinajstić information content (AvgIpc) is 3.48. The molecule has 32 heavy (non-hydrogen) atoms. The van der Waals surface area contributed by atoms with Crippen molar-refractivity contribution in [3.63, 3.8) is 0 Å². The number of nitrogens with zero attached hydrogens (tertiary/aromatic N) is 5. The van der Waals surface area contributed by atoms with E-state index in [-0.39, 0.29) is 17.4 Å². The van der Waals surface area contributed by atoms with Gasteiger partial charge in [-0.1, -0.05) is 17.3 Å². The topological polar surface area (TPSA) is 98.7 Å². The Morgan fingerprint density at radius 3 is 2.62 bits per heavy atom. The average molecular weight is 428 g/mol. The van der Waals surface area contributed by atoms with E-state index in [2.05, 4.69) is 25.5 Å². The van der Waals surface area contributed by atoms with Gasteiger partial charge in [-0.2, -0.15) is 5.10 Å². The molecule has 0 radical (unpaired) electrons. The molecule has 0 saturated carbocycles. The lowest BCUT2D eigenvalue weighted by Gasteiger charge is -2.09. The number of amides is 1. The first-order chi connectivity index (χ1) is 15.6. The van der Waals surface area contributed by atoms with Gasteiger partial charge in [0.2, 0.25) is 0 Å². The van der Waals surface area contributed by atoms with E-state index in [4.69, 9.17) is 4.52 Å². The Morgan fingerprint density at radius 1 is 1.12 bits per heavy atom. The highest BCUT2D eigenvalue weighted by molar-refractivity contribution is 6.06. The smallest absolute Gasteiger partial charge is 0.259 e. The van der Waals surface area contributed by atoms with E-state index in [0.717, 1.165) is 11.3 Å². The number of benzene rings is 2. The van der Waals surface area contributed by atoms with Crippen LogP contribution in [0.5, 0.6) is 0 Å². The van der Waals surface area contributed by atoms with Crippen molar-refractivity contribution in [3.05, 3.63) is 89.9 Å². The van der Waals surface area contributed by atoms with E-state index in [1.807, 2.05) is 24.3 Å². The number of fused-ring (bicyclic) bond motifs is 1. The summed E-state index contributed by atoms with van der Waals surface area (Å²) in [6.07, 6.45) is 3.09. The van der Waals surface area contributed by atoms with Crippen molar-refractivity contribution in [2.24, 2.45) is 0 Å². The van der Waals surface area contributed by atoms with Gasteiger partial charge < -0.3 is 9.84 Å². The Kier molecular flexibility index (Phi) is 4.91. The minimum absolute atomic E-state index is 0.256. The summed E-state index contributed by atoms with van der Waals surface area (Å²) in [6.45, 7) is 2.08. The van der Waals surface area contributed by atoms with Crippen LogP contribution < -0.4 is 5.32 Å². The van der Waals surface area contributed by atoms with Crippen molar-refractivity contribution >= 4 is 17.0 Å². The van der Waals surface area contributed by atoms with Crippen LogP contribution in [0.1, 0.15) is 21.6 Å². The lowest BCUT2D eigenvalue weighted by Crippen LogP contribution is -2.23. The fourth-order valence-electron chi connectivity index (χ4n) is 3.43. The zero-order valence-electron chi connectivity index (χ0n) is 17.0. The van der Waals surface area contributed by atoms with Crippen LogP contribution in [0.4, 0.5) is 4.39 Å². The van der Waals surface area contributed by atoms with Crippen molar-refractivity contribution in [2.45, 2.75) is 13.5 Å². The highest BCUT2D eigenvalue weighted by atomic mass is 19.1. The molecule has 1 N–H and O–H groups in total. The molecule has 9 heteroatoms. The first-order valence-corrected chi connectivity index (χ1v) is 9.83. The lowest BCUT2D eigenvalue weighted by molar-refractivity contribution is 0.0952. The van der Waals surface area contributed by atoms with Gasteiger partial charge in [-0.15, -0.1) is 0 Å². The third-order valence-corrected chi connectivity index (χ3v) is 5.07. The maximum atomic E-state index is 13.3. The number of hydrogen-bond acceptors (Lipinski definition) is 6. The molecule has 0 aliphatic carbocycles. The molecule has 0 saturated heterocycles. The summed E-state index contributed by atoms with van der Waals surface area (Å²) in [4.78, 5) is 21.5. The predicted molar refractivity (Wildman–Crippen MR) is 114 cm³/mol. The second-order valence-electron chi connectivity index (χ2n) is 7.20. The third-order valence-electron chi connectivity index (χ3n) is 5.07. The van der Waals surface area contributed by atoms with E-state index in [0.29, 0.717) is 34.4 Å². The first kappa shape index (κ1) is 19.6. The molecule has 158 valence electrons. The summed E-state index contributed by atoms with van der Waals surface area (Å²) >= 11 is 0. The Hall–Kier alpha value is -4.40. The Morgan fingerprint density at radius 2 is 1.91 bits per heavy atom. The molecule has 1 amide bonds. The summed E-state index contributed by atoms with van der Waals surface area (Å²) < 4.78 is 20.3. The van der Waals surface area contributed by atoms with Crippen LogP contribution in [0.15, 0.2) is 71.8 Å². The van der Waals surface area contributed by atoms with Crippen LogP contribution in [0, 0.1) is 12.7 Å². The molecular formula is C23H17FN6O2. The van der Waals surface area contributed by atoms with Gasteiger partial charge in [-0.25, -0.2) is 19.0 Å². The largest absolute Gasteiger partial charge is 0.348 e. The Labute approximate surface area is 181 Å². The van der Waals surface area contributed by atoms with Crippen LogP contribution in [-0.2, 0) is 6.54 Å². The summed E-state index contributed by atoms with van der Waals surface area (Å²) in [6, 6.07) is 15.2. The number of carbonyl (C=O) groups is 1. The van der Waals surface area contributed by atoms with Crippen molar-refractivity contribution in [3.8, 4) is 16.9 Å². The van der Waals surface area contributed by atoms with Gasteiger partial charge in [0.15, 0.2) is 0 Å². The van der Waals surface area contributed by atoms with Gasteiger partial charge in [-0.05, 0) is 55.0 Å². The molecule has 0 fully saturated rings. The molecule has 5 rings (SSSR count). The second-order valence-corrected chi connectivity index (χ2v) is 7.20. The molecule has 3 heterocycles. The third kappa shape index (κ3) is 3.71. The normalized spacial score (nSPS) is 11.1. The number of nitrogens with one attached hydrogen (secondary N) is 1. The summed E-state index contributed by atoms with van der Waals surface area (Å²) in [5.41, 5.74) is 4.18. The minimum Gasteiger partial charge on any atom is -0.348 e. The highest BCUT2D eigenvalue weighted by Gasteiger charge is 2.19. The zero-order valence-corrected chi connectivity index (χ0v) is 17.0. The maximum absolute atomic E-state index is 13.3. The first-order valence-electron chi connectivity index (χ1n) is 9.83. The number of rotatable bonds is 5. The molecular weight excluding hydrogens is 411 g/mol. The molecule has 0 atom stereocenters. The van der Waals surface area contributed by atoms with Crippen molar-refractivity contribution in [1.82, 2.24) is 30.2 Å². The molecule has 0 bridgehead atoms. The van der Waals surface area contributed by atoms with Gasteiger partial charge >= 0.3 is 0 Å². The van der Waals surface area contributed by atoms with Crippen molar-refractivity contribution in [1.29, 1.82) is 0 Å². The van der Waals surface area contributed by atoms with E-state index >= 15 is 0 Å². The van der Waals surface area contributed by atoms with E-state index in [1.165, 1.54) is 18.5 Å². The van der Waals surface area contributed by atoms with Gasteiger partial charge in [0.25, 0.3) is 11.6 Å². The predicted octanol–water partition coefficient (Wildman–Crippen LogP) is 3.85. The summed E-state index contributed by atoms with van der Waals surface area (Å²) in [7, 11) is 0. The Balaban J connectivity index is 1.41. The maximum Gasteiger partial charge on any atom is 0.259 e. The van der Waals surface area contributed by atoms with Crippen LogP contribution >= 0.6 is 0 Å². The number of carbonyl (C=O) groups excluding carboxylic acids is 1. The number of halogens is 1. The summed E-state index contributed by atoms with van der Waals surface area (Å²) in [5, 5.41) is 11.5. The van der Waals surface area contributed by atoms with Gasteiger partial charge in [0.05, 0.1) is 28.0 Å². The standard InChI is InChI=1S/C23H17FN6O2/c1-14-21-19(10-20(28-23(21)32-29-14)16-4-6-17(24)7-5-16)22(31)26-11-15-2-8-18(9-3-15)30-13-25-12-27-30/h2-10,12-13H,11H2,1H3,(H,26,31). The number of aryl methyl sites for hydroxylation is 1. The zero-order chi connectivity index (χ0) is 22.1. The fourth-order valence-corrected chi connectivity index (χ4v) is 3.43. The Bertz CT molecular complexity index is 1390. The lowest BCUT2D eigenvalue weighted by atomic mass is 10.0.